The van der Waals surface area contributed by atoms with Crippen LogP contribution in [0.1, 0.15) is 89.5 Å². The van der Waals surface area contributed by atoms with Gasteiger partial charge in [0.15, 0.2) is 5.78 Å². The molecule has 3 nitrogen and oxygen atoms in total. The molecule has 0 saturated heterocycles. The van der Waals surface area contributed by atoms with E-state index in [-0.39, 0.29) is 11.5 Å². The molecule has 0 aliphatic rings. The number of alkyl halides is 1. The van der Waals surface area contributed by atoms with Gasteiger partial charge in [0.05, 0.1) is 7.11 Å². The Hall–Kier alpha value is -1.81. The van der Waals surface area contributed by atoms with Gasteiger partial charge in [-0.05, 0) is 59.7 Å². The summed E-state index contributed by atoms with van der Waals surface area (Å²) in [5.41, 5.74) is 1.41. The highest BCUT2D eigenvalue weighted by atomic mass is 79.9. The van der Waals surface area contributed by atoms with Crippen LogP contribution in [0.2, 0.25) is 0 Å². The molecule has 0 fully saturated rings. The molecule has 0 amide bonds. The number of carbonyl (C=O) groups is 1. The van der Waals surface area contributed by atoms with Crippen molar-refractivity contribution in [1.82, 2.24) is 0 Å². The van der Waals surface area contributed by atoms with E-state index in [4.69, 9.17) is 4.74 Å². The van der Waals surface area contributed by atoms with Crippen molar-refractivity contribution in [3.8, 4) is 11.5 Å². The lowest BCUT2D eigenvalue weighted by atomic mass is 10.0. The zero-order chi connectivity index (χ0) is 25.3. The van der Waals surface area contributed by atoms with E-state index in [0.29, 0.717) is 5.56 Å². The summed E-state index contributed by atoms with van der Waals surface area (Å²) in [6, 6.07) is 13.5. The Morgan fingerprint density at radius 1 is 0.844 bits per heavy atom. The molecule has 0 bridgehead atoms. The number of Topliss-reactive ketones (excluding diaryl/α,β-unsaturated/α-hetero) is 1. The van der Waals surface area contributed by atoms with Crippen molar-refractivity contribution in [1.29, 1.82) is 0 Å². The minimum atomic E-state index is -0.414. The number of rotatable bonds is 5. The SMILES string of the molecule is CC(C)C.CC(C)C.CCC(C)C.COc1ccc(C(Br)C(=O)c2ccc(O)cc2)cc1. The summed E-state index contributed by atoms with van der Waals surface area (Å²) in [6.45, 7) is 19.6. The van der Waals surface area contributed by atoms with Crippen LogP contribution in [-0.4, -0.2) is 18.0 Å². The molecule has 2 aromatic carbocycles. The molecule has 0 aliphatic heterocycles. The molecule has 0 heterocycles. The molecule has 0 aliphatic carbocycles. The average molecular weight is 510 g/mol. The molecule has 0 aromatic heterocycles. The van der Waals surface area contributed by atoms with Crippen LogP contribution >= 0.6 is 15.9 Å². The molecule has 1 atom stereocenters. The van der Waals surface area contributed by atoms with Crippen molar-refractivity contribution < 1.29 is 14.6 Å². The number of halogens is 1. The summed E-state index contributed by atoms with van der Waals surface area (Å²) in [4.78, 5) is 11.8. The van der Waals surface area contributed by atoms with Crippen LogP contribution in [0.4, 0.5) is 0 Å². The van der Waals surface area contributed by atoms with Crippen LogP contribution in [0.3, 0.4) is 0 Å². The summed E-state index contributed by atoms with van der Waals surface area (Å²) in [5, 5.41) is 9.21. The van der Waals surface area contributed by atoms with Gasteiger partial charge in [0.25, 0.3) is 0 Å². The number of phenolic OH excluding ortho intramolecular Hbond substituents is 1. The number of benzene rings is 2. The summed E-state index contributed by atoms with van der Waals surface area (Å²) < 4.78 is 5.08. The second-order valence-electron chi connectivity index (χ2n) is 9.31. The van der Waals surface area contributed by atoms with Crippen molar-refractivity contribution in [3.63, 3.8) is 0 Å². The molecule has 1 unspecified atom stereocenters. The largest absolute Gasteiger partial charge is 0.508 e. The molecule has 2 rings (SSSR count). The van der Waals surface area contributed by atoms with E-state index < -0.39 is 4.83 Å². The van der Waals surface area contributed by atoms with Crippen molar-refractivity contribution in [3.05, 3.63) is 59.7 Å². The first-order valence-corrected chi connectivity index (χ1v) is 12.4. The van der Waals surface area contributed by atoms with E-state index in [0.717, 1.165) is 29.1 Å². The first kappa shape index (κ1) is 32.4. The number of ether oxygens (including phenoxy) is 1. The fourth-order valence-corrected chi connectivity index (χ4v) is 2.27. The first-order valence-electron chi connectivity index (χ1n) is 11.5. The molecular formula is C28H45BrO3. The van der Waals surface area contributed by atoms with E-state index in [1.165, 1.54) is 18.6 Å². The fourth-order valence-electron chi connectivity index (χ4n) is 1.70. The Balaban J connectivity index is 0. The van der Waals surface area contributed by atoms with Crippen molar-refractivity contribution in [2.75, 3.05) is 7.11 Å². The number of hydrogen-bond acceptors (Lipinski definition) is 3. The molecule has 0 saturated carbocycles. The van der Waals surface area contributed by atoms with Gasteiger partial charge in [0.1, 0.15) is 16.3 Å². The van der Waals surface area contributed by atoms with Gasteiger partial charge >= 0.3 is 0 Å². The van der Waals surface area contributed by atoms with Gasteiger partial charge < -0.3 is 9.84 Å². The molecule has 32 heavy (non-hydrogen) atoms. The van der Waals surface area contributed by atoms with Gasteiger partial charge in [0, 0.05) is 5.56 Å². The zero-order valence-electron chi connectivity index (χ0n) is 21.8. The minimum Gasteiger partial charge on any atom is -0.508 e. The molecular weight excluding hydrogens is 464 g/mol. The second-order valence-corrected chi connectivity index (χ2v) is 10.2. The van der Waals surface area contributed by atoms with Gasteiger partial charge in [0.2, 0.25) is 0 Å². The predicted octanol–water partition coefficient (Wildman–Crippen LogP) is 9.10. The Morgan fingerprint density at radius 3 is 1.53 bits per heavy atom. The van der Waals surface area contributed by atoms with Crippen LogP contribution in [0.15, 0.2) is 48.5 Å². The lowest BCUT2D eigenvalue weighted by Gasteiger charge is -2.10. The Bertz CT molecular complexity index is 693. The van der Waals surface area contributed by atoms with E-state index >= 15 is 0 Å². The third-order valence-corrected chi connectivity index (χ3v) is 4.55. The standard InChI is InChI=1S/C15H13BrO3.C5H12.2C4H10/c1-19-13-8-4-10(5-9-13)14(16)15(18)11-2-6-12(17)7-3-11;1-4-5(2)3;2*1-4(2)3/h2-9,14,17H,1H3;5H,4H2,1-3H3;2*4H,1-3H3. The van der Waals surface area contributed by atoms with Gasteiger partial charge in [-0.3, -0.25) is 4.79 Å². The fraction of sp³-hybridized carbons (Fsp3) is 0.536. The van der Waals surface area contributed by atoms with E-state index in [1.54, 1.807) is 19.2 Å². The maximum absolute atomic E-state index is 12.3. The Labute approximate surface area is 205 Å². The van der Waals surface area contributed by atoms with Crippen LogP contribution in [0, 0.1) is 17.8 Å². The molecule has 4 heteroatoms. The van der Waals surface area contributed by atoms with Crippen LogP contribution in [0.5, 0.6) is 11.5 Å². The smallest absolute Gasteiger partial charge is 0.180 e. The lowest BCUT2D eigenvalue weighted by molar-refractivity contribution is 0.0991. The molecule has 2 aromatic rings. The third-order valence-electron chi connectivity index (χ3n) is 3.61. The highest BCUT2D eigenvalue weighted by molar-refractivity contribution is 9.09. The second kappa shape index (κ2) is 18.7. The Morgan fingerprint density at radius 2 is 1.22 bits per heavy atom. The van der Waals surface area contributed by atoms with Gasteiger partial charge in [-0.15, -0.1) is 0 Å². The highest BCUT2D eigenvalue weighted by Gasteiger charge is 2.18. The topological polar surface area (TPSA) is 46.5 Å². The maximum Gasteiger partial charge on any atom is 0.180 e. The number of phenols is 1. The van der Waals surface area contributed by atoms with Crippen molar-refractivity contribution in [2.45, 2.75) is 73.6 Å². The van der Waals surface area contributed by atoms with Crippen LogP contribution in [-0.2, 0) is 0 Å². The zero-order valence-corrected chi connectivity index (χ0v) is 23.4. The summed E-state index contributed by atoms with van der Waals surface area (Å²) >= 11 is 3.40. The van der Waals surface area contributed by atoms with E-state index in [9.17, 15) is 9.90 Å². The van der Waals surface area contributed by atoms with Crippen LogP contribution < -0.4 is 4.74 Å². The monoisotopic (exact) mass is 508 g/mol. The summed E-state index contributed by atoms with van der Waals surface area (Å²) in [5.74, 6) is 3.40. The van der Waals surface area contributed by atoms with Gasteiger partial charge in [-0.1, -0.05) is 96.8 Å². The first-order chi connectivity index (χ1) is 14.8. The molecule has 182 valence electrons. The quantitative estimate of drug-likeness (QED) is 0.323. The summed E-state index contributed by atoms with van der Waals surface area (Å²) in [7, 11) is 1.60. The maximum atomic E-state index is 12.3. The van der Waals surface area contributed by atoms with Crippen molar-refractivity contribution in [2.24, 2.45) is 17.8 Å². The third kappa shape index (κ3) is 17.8. The molecule has 0 spiro atoms. The Kier molecular flexibility index (Phi) is 18.9. The van der Waals surface area contributed by atoms with E-state index in [1.807, 2.05) is 24.3 Å². The predicted molar refractivity (Wildman–Crippen MR) is 143 cm³/mol. The number of carbonyl (C=O) groups excluding carboxylic acids is 1. The van der Waals surface area contributed by atoms with Gasteiger partial charge in [-0.25, -0.2) is 0 Å². The number of aromatic hydroxyl groups is 1. The molecule has 0 radical (unpaired) electrons. The summed E-state index contributed by atoms with van der Waals surface area (Å²) in [6.07, 6.45) is 1.31. The van der Waals surface area contributed by atoms with Crippen LogP contribution in [0.25, 0.3) is 0 Å². The van der Waals surface area contributed by atoms with E-state index in [2.05, 4.69) is 78.2 Å². The average Bonchev–Trinajstić information content (AvgIpc) is 2.73. The number of ketones is 1. The lowest BCUT2D eigenvalue weighted by Crippen LogP contribution is -2.06. The number of methoxy groups -OCH3 is 1. The minimum absolute atomic E-state index is 0.0508. The number of hydrogen-bond donors (Lipinski definition) is 1. The van der Waals surface area contributed by atoms with Crippen molar-refractivity contribution >= 4 is 21.7 Å². The van der Waals surface area contributed by atoms with Gasteiger partial charge in [-0.2, -0.15) is 0 Å². The normalized spacial score (nSPS) is 10.8. The highest BCUT2D eigenvalue weighted by Crippen LogP contribution is 2.28. The molecule has 1 N–H and O–H groups in total.